The third kappa shape index (κ3) is 3.58. The summed E-state index contributed by atoms with van der Waals surface area (Å²) in [4.78, 5) is 27.2. The van der Waals surface area contributed by atoms with Gasteiger partial charge in [0.2, 0.25) is 5.91 Å². The predicted molar refractivity (Wildman–Crippen MR) is 75.5 cm³/mol. The molecule has 1 fully saturated rings. The van der Waals surface area contributed by atoms with E-state index in [1.807, 2.05) is 6.92 Å². The number of methoxy groups -OCH3 is 1. The minimum absolute atomic E-state index is 0.0421. The van der Waals surface area contributed by atoms with Crippen molar-refractivity contribution in [3.05, 3.63) is 35.1 Å². The number of hydrogen-bond donors (Lipinski definition) is 0. The smallest absolute Gasteiger partial charge is 0.256 e. The summed E-state index contributed by atoms with van der Waals surface area (Å²) in [6, 6.07) is 4.49. The van der Waals surface area contributed by atoms with Crippen LogP contribution in [0.1, 0.15) is 15.9 Å². The SMILES string of the molecule is COCC(=O)N1CCN(C(=O)c2cc(C)ccc2F)CC1. The van der Waals surface area contributed by atoms with Crippen LogP contribution >= 0.6 is 0 Å². The summed E-state index contributed by atoms with van der Waals surface area (Å²) in [7, 11) is 1.47. The summed E-state index contributed by atoms with van der Waals surface area (Å²) in [5, 5.41) is 0. The van der Waals surface area contributed by atoms with Gasteiger partial charge in [-0.3, -0.25) is 9.59 Å². The summed E-state index contributed by atoms with van der Waals surface area (Å²) in [5.41, 5.74) is 0.931. The van der Waals surface area contributed by atoms with Crippen molar-refractivity contribution in [1.82, 2.24) is 9.80 Å². The molecule has 0 unspecified atom stereocenters. The van der Waals surface area contributed by atoms with Gasteiger partial charge in [0.15, 0.2) is 0 Å². The van der Waals surface area contributed by atoms with Gasteiger partial charge in [0, 0.05) is 33.3 Å². The molecule has 0 radical (unpaired) electrons. The molecule has 0 aromatic heterocycles. The van der Waals surface area contributed by atoms with E-state index in [1.165, 1.54) is 13.2 Å². The van der Waals surface area contributed by atoms with E-state index < -0.39 is 5.82 Å². The summed E-state index contributed by atoms with van der Waals surface area (Å²) >= 11 is 0. The molecular formula is C15H19FN2O3. The van der Waals surface area contributed by atoms with Gasteiger partial charge in [0.1, 0.15) is 12.4 Å². The average molecular weight is 294 g/mol. The van der Waals surface area contributed by atoms with Gasteiger partial charge < -0.3 is 14.5 Å². The fourth-order valence-electron chi connectivity index (χ4n) is 2.35. The Bertz CT molecular complexity index is 540. The lowest BCUT2D eigenvalue weighted by molar-refractivity contribution is -0.136. The van der Waals surface area contributed by atoms with E-state index in [4.69, 9.17) is 4.74 Å². The predicted octanol–water partition coefficient (Wildman–Crippen LogP) is 1.06. The molecule has 1 aliphatic heterocycles. The van der Waals surface area contributed by atoms with Crippen LogP contribution in [-0.2, 0) is 9.53 Å². The molecule has 2 amide bonds. The molecule has 114 valence electrons. The first kappa shape index (κ1) is 15.4. The Morgan fingerprint density at radius 2 is 1.81 bits per heavy atom. The Kier molecular flexibility index (Phi) is 4.90. The van der Waals surface area contributed by atoms with E-state index in [1.54, 1.807) is 21.9 Å². The monoisotopic (exact) mass is 294 g/mol. The van der Waals surface area contributed by atoms with Crippen molar-refractivity contribution >= 4 is 11.8 Å². The van der Waals surface area contributed by atoms with Gasteiger partial charge in [-0.15, -0.1) is 0 Å². The zero-order valence-corrected chi connectivity index (χ0v) is 12.3. The molecule has 0 atom stereocenters. The van der Waals surface area contributed by atoms with Crippen molar-refractivity contribution in [3.63, 3.8) is 0 Å². The Morgan fingerprint density at radius 3 is 2.43 bits per heavy atom. The summed E-state index contributed by atoms with van der Waals surface area (Å²) in [6.45, 7) is 3.56. The van der Waals surface area contributed by atoms with E-state index in [-0.39, 0.29) is 24.0 Å². The number of aryl methyl sites for hydroxylation is 1. The van der Waals surface area contributed by atoms with Crippen molar-refractivity contribution in [2.75, 3.05) is 39.9 Å². The van der Waals surface area contributed by atoms with Crippen LogP contribution in [0.25, 0.3) is 0 Å². The lowest BCUT2D eigenvalue weighted by atomic mass is 10.1. The second-order valence-electron chi connectivity index (χ2n) is 5.09. The number of piperazine rings is 1. The van der Waals surface area contributed by atoms with Crippen molar-refractivity contribution in [1.29, 1.82) is 0 Å². The minimum Gasteiger partial charge on any atom is -0.375 e. The first-order valence-corrected chi connectivity index (χ1v) is 6.85. The van der Waals surface area contributed by atoms with Gasteiger partial charge in [-0.1, -0.05) is 11.6 Å². The largest absolute Gasteiger partial charge is 0.375 e. The van der Waals surface area contributed by atoms with E-state index in [0.29, 0.717) is 26.2 Å². The standard InChI is InChI=1S/C15H19FN2O3/c1-11-3-4-13(16)12(9-11)15(20)18-7-5-17(6-8-18)14(19)10-21-2/h3-4,9H,5-8,10H2,1-2H3. The van der Waals surface area contributed by atoms with Gasteiger partial charge >= 0.3 is 0 Å². The highest BCUT2D eigenvalue weighted by atomic mass is 19.1. The molecule has 21 heavy (non-hydrogen) atoms. The van der Waals surface area contributed by atoms with Crippen LogP contribution < -0.4 is 0 Å². The number of benzene rings is 1. The summed E-state index contributed by atoms with van der Waals surface area (Å²) < 4.78 is 18.6. The van der Waals surface area contributed by atoms with Crippen LogP contribution in [0.15, 0.2) is 18.2 Å². The van der Waals surface area contributed by atoms with E-state index in [0.717, 1.165) is 5.56 Å². The number of carbonyl (C=O) groups is 2. The maximum absolute atomic E-state index is 13.8. The molecule has 1 aromatic carbocycles. The topological polar surface area (TPSA) is 49.9 Å². The molecular weight excluding hydrogens is 275 g/mol. The lowest BCUT2D eigenvalue weighted by Crippen LogP contribution is -2.51. The minimum atomic E-state index is -0.511. The Balaban J connectivity index is 2.00. The maximum atomic E-state index is 13.8. The summed E-state index contributed by atoms with van der Waals surface area (Å²) in [5.74, 6) is -0.926. The van der Waals surface area contributed by atoms with Crippen LogP contribution in [0.3, 0.4) is 0 Å². The van der Waals surface area contributed by atoms with Crippen LogP contribution in [0.4, 0.5) is 4.39 Å². The number of amides is 2. The molecule has 1 aromatic rings. The molecule has 1 aliphatic rings. The molecule has 0 bridgehead atoms. The third-order valence-electron chi connectivity index (χ3n) is 3.54. The average Bonchev–Trinajstić information content (AvgIpc) is 2.49. The number of rotatable bonds is 3. The van der Waals surface area contributed by atoms with Crippen molar-refractivity contribution in [2.24, 2.45) is 0 Å². The van der Waals surface area contributed by atoms with Crippen molar-refractivity contribution in [2.45, 2.75) is 6.92 Å². The zero-order chi connectivity index (χ0) is 15.4. The number of halogens is 1. The second kappa shape index (κ2) is 6.67. The van der Waals surface area contributed by atoms with Crippen LogP contribution in [0.2, 0.25) is 0 Å². The molecule has 1 saturated heterocycles. The van der Waals surface area contributed by atoms with Crippen molar-refractivity contribution in [3.8, 4) is 0 Å². The van der Waals surface area contributed by atoms with E-state index in [9.17, 15) is 14.0 Å². The Hall–Kier alpha value is -1.95. The fraction of sp³-hybridized carbons (Fsp3) is 0.467. The van der Waals surface area contributed by atoms with Gasteiger partial charge in [-0.25, -0.2) is 4.39 Å². The first-order valence-electron chi connectivity index (χ1n) is 6.85. The normalized spacial score (nSPS) is 15.2. The van der Waals surface area contributed by atoms with E-state index >= 15 is 0 Å². The highest BCUT2D eigenvalue weighted by Crippen LogP contribution is 2.14. The number of carbonyl (C=O) groups excluding carboxylic acids is 2. The van der Waals surface area contributed by atoms with Crippen LogP contribution in [-0.4, -0.2) is 61.5 Å². The Morgan fingerprint density at radius 1 is 1.19 bits per heavy atom. The molecule has 0 N–H and O–H groups in total. The Labute approximate surface area is 123 Å². The number of nitrogens with zero attached hydrogens (tertiary/aromatic N) is 2. The second-order valence-corrected chi connectivity index (χ2v) is 5.09. The lowest BCUT2D eigenvalue weighted by Gasteiger charge is -2.34. The number of hydrogen-bond acceptors (Lipinski definition) is 3. The van der Waals surface area contributed by atoms with Gasteiger partial charge in [-0.05, 0) is 19.1 Å². The van der Waals surface area contributed by atoms with Crippen LogP contribution in [0.5, 0.6) is 0 Å². The fourth-order valence-corrected chi connectivity index (χ4v) is 2.35. The van der Waals surface area contributed by atoms with Gasteiger partial charge in [-0.2, -0.15) is 0 Å². The molecule has 0 aliphatic carbocycles. The van der Waals surface area contributed by atoms with Crippen molar-refractivity contribution < 1.29 is 18.7 Å². The number of ether oxygens (including phenoxy) is 1. The van der Waals surface area contributed by atoms with Gasteiger partial charge in [0.05, 0.1) is 5.56 Å². The molecule has 2 rings (SSSR count). The van der Waals surface area contributed by atoms with E-state index in [2.05, 4.69) is 0 Å². The molecule has 1 heterocycles. The first-order chi connectivity index (χ1) is 10.0. The summed E-state index contributed by atoms with van der Waals surface area (Å²) in [6.07, 6.45) is 0. The molecule has 0 spiro atoms. The van der Waals surface area contributed by atoms with Gasteiger partial charge in [0.25, 0.3) is 5.91 Å². The van der Waals surface area contributed by atoms with Crippen LogP contribution in [0, 0.1) is 12.7 Å². The maximum Gasteiger partial charge on any atom is 0.256 e. The highest BCUT2D eigenvalue weighted by molar-refractivity contribution is 5.94. The quantitative estimate of drug-likeness (QED) is 0.838. The molecule has 6 heteroatoms. The molecule has 0 saturated carbocycles. The highest BCUT2D eigenvalue weighted by Gasteiger charge is 2.26. The zero-order valence-electron chi connectivity index (χ0n) is 12.3. The third-order valence-corrected chi connectivity index (χ3v) is 3.54. The molecule has 5 nitrogen and oxygen atoms in total.